The molecule has 2 rings (SSSR count). The van der Waals surface area contributed by atoms with Crippen molar-refractivity contribution < 1.29 is 14.3 Å². The Morgan fingerprint density at radius 3 is 3.00 bits per heavy atom. The van der Waals surface area contributed by atoms with Gasteiger partial charge in [0, 0.05) is 12.0 Å². The van der Waals surface area contributed by atoms with Gasteiger partial charge in [0.1, 0.15) is 0 Å². The summed E-state index contributed by atoms with van der Waals surface area (Å²) >= 11 is 0. The second-order valence-electron chi connectivity index (χ2n) is 3.94. The third kappa shape index (κ3) is 2.76. The van der Waals surface area contributed by atoms with Crippen LogP contribution in [-0.4, -0.2) is 29.7 Å². The molecular weight excluding hydrogens is 224 g/mol. The van der Waals surface area contributed by atoms with Crippen LogP contribution in [-0.2, 0) is 4.74 Å². The van der Waals surface area contributed by atoms with E-state index in [0.717, 1.165) is 19.3 Å². The molecule has 0 saturated carbocycles. The number of hydrogen-bond donors (Lipinski definition) is 0. The van der Waals surface area contributed by atoms with Crippen molar-refractivity contribution in [3.05, 3.63) is 22.1 Å². The molecule has 1 saturated heterocycles. The lowest BCUT2D eigenvalue weighted by Gasteiger charge is -2.24. The Morgan fingerprint density at radius 1 is 1.53 bits per heavy atom. The monoisotopic (exact) mass is 240 g/mol. The van der Waals surface area contributed by atoms with E-state index in [1.54, 1.807) is 13.1 Å². The molecule has 94 valence electrons. The van der Waals surface area contributed by atoms with Crippen molar-refractivity contribution >= 4 is 0 Å². The first-order valence-corrected chi connectivity index (χ1v) is 5.64. The highest BCUT2D eigenvalue weighted by atomic mass is 16.8. The summed E-state index contributed by atoms with van der Waals surface area (Å²) in [5.41, 5.74) is 0.188. The molecular formula is C11H16N2O4. The zero-order chi connectivity index (χ0) is 12.3. The standard InChI is InChI=1S/C11H16N2O4/c1-8-7-13(11(15-2)12-10(8)14)17-9-5-3-4-6-16-9/h7,9H,3-6H2,1-2H3. The summed E-state index contributed by atoms with van der Waals surface area (Å²) in [6.07, 6.45) is 4.21. The van der Waals surface area contributed by atoms with E-state index in [9.17, 15) is 4.79 Å². The van der Waals surface area contributed by atoms with Crippen LogP contribution in [0.15, 0.2) is 11.0 Å². The van der Waals surface area contributed by atoms with E-state index in [1.807, 2.05) is 0 Å². The summed E-state index contributed by atoms with van der Waals surface area (Å²) in [4.78, 5) is 20.7. The van der Waals surface area contributed by atoms with Gasteiger partial charge in [0.25, 0.3) is 5.56 Å². The van der Waals surface area contributed by atoms with Crippen LogP contribution in [0.1, 0.15) is 24.8 Å². The first-order chi connectivity index (χ1) is 8.20. The Balaban J connectivity index is 2.18. The highest BCUT2D eigenvalue weighted by Gasteiger charge is 2.17. The summed E-state index contributed by atoms with van der Waals surface area (Å²) in [5.74, 6) is 0. The second kappa shape index (κ2) is 5.18. The molecule has 1 aliphatic rings. The number of aryl methyl sites for hydroxylation is 1. The van der Waals surface area contributed by atoms with Gasteiger partial charge in [0.2, 0.25) is 6.29 Å². The molecule has 0 radical (unpaired) electrons. The highest BCUT2D eigenvalue weighted by Crippen LogP contribution is 2.13. The summed E-state index contributed by atoms with van der Waals surface area (Å²) in [6, 6.07) is 0.134. The fourth-order valence-electron chi connectivity index (χ4n) is 1.64. The van der Waals surface area contributed by atoms with Crippen LogP contribution in [0.3, 0.4) is 0 Å². The molecule has 17 heavy (non-hydrogen) atoms. The average Bonchev–Trinajstić information content (AvgIpc) is 2.35. The molecule has 0 N–H and O–H groups in total. The van der Waals surface area contributed by atoms with Crippen LogP contribution in [0.4, 0.5) is 0 Å². The van der Waals surface area contributed by atoms with Gasteiger partial charge in [-0.25, -0.2) is 0 Å². The van der Waals surface area contributed by atoms with Crippen molar-refractivity contribution in [3.8, 4) is 6.01 Å². The number of hydrogen-bond acceptors (Lipinski definition) is 5. The molecule has 0 aromatic carbocycles. The van der Waals surface area contributed by atoms with Crippen LogP contribution < -0.4 is 15.1 Å². The van der Waals surface area contributed by atoms with Gasteiger partial charge in [-0.1, -0.05) is 0 Å². The Kier molecular flexibility index (Phi) is 3.63. The predicted octanol–water partition coefficient (Wildman–Crippen LogP) is 0.516. The summed E-state index contributed by atoms with van der Waals surface area (Å²) in [5, 5.41) is 0. The van der Waals surface area contributed by atoms with Gasteiger partial charge in [0.15, 0.2) is 0 Å². The third-order valence-corrected chi connectivity index (χ3v) is 2.59. The van der Waals surface area contributed by atoms with Crippen molar-refractivity contribution in [3.63, 3.8) is 0 Å². The van der Waals surface area contributed by atoms with Crippen LogP contribution >= 0.6 is 0 Å². The number of methoxy groups -OCH3 is 1. The van der Waals surface area contributed by atoms with Gasteiger partial charge in [0.05, 0.1) is 19.9 Å². The maximum Gasteiger partial charge on any atom is 0.333 e. The van der Waals surface area contributed by atoms with E-state index in [0.29, 0.717) is 12.2 Å². The molecule has 6 nitrogen and oxygen atoms in total. The number of rotatable bonds is 3. The molecule has 0 spiro atoms. The first kappa shape index (κ1) is 11.9. The van der Waals surface area contributed by atoms with Crippen molar-refractivity contribution in [1.82, 2.24) is 9.71 Å². The van der Waals surface area contributed by atoms with E-state index in [-0.39, 0.29) is 17.9 Å². The SMILES string of the molecule is COc1nc(=O)c(C)cn1OC1CCCCO1. The number of ether oxygens (including phenoxy) is 2. The normalized spacial score (nSPS) is 20.0. The minimum Gasteiger partial charge on any atom is -0.466 e. The fraction of sp³-hybridized carbons (Fsp3) is 0.636. The summed E-state index contributed by atoms with van der Waals surface area (Å²) in [6.45, 7) is 2.37. The van der Waals surface area contributed by atoms with E-state index in [1.165, 1.54) is 11.8 Å². The van der Waals surface area contributed by atoms with Gasteiger partial charge in [-0.3, -0.25) is 4.79 Å². The lowest BCUT2D eigenvalue weighted by atomic mass is 10.2. The van der Waals surface area contributed by atoms with Crippen LogP contribution in [0.5, 0.6) is 6.01 Å². The molecule has 1 fully saturated rings. The largest absolute Gasteiger partial charge is 0.466 e. The van der Waals surface area contributed by atoms with Crippen LogP contribution in [0.25, 0.3) is 0 Å². The topological polar surface area (TPSA) is 62.6 Å². The number of aromatic nitrogens is 2. The van der Waals surface area contributed by atoms with Crippen LogP contribution in [0, 0.1) is 6.92 Å². The fourth-order valence-corrected chi connectivity index (χ4v) is 1.64. The average molecular weight is 240 g/mol. The maximum absolute atomic E-state index is 11.4. The first-order valence-electron chi connectivity index (χ1n) is 5.64. The smallest absolute Gasteiger partial charge is 0.333 e. The van der Waals surface area contributed by atoms with E-state index >= 15 is 0 Å². The van der Waals surface area contributed by atoms with Crippen molar-refractivity contribution in [2.45, 2.75) is 32.5 Å². The zero-order valence-corrected chi connectivity index (χ0v) is 10.0. The Morgan fingerprint density at radius 2 is 2.35 bits per heavy atom. The summed E-state index contributed by atoms with van der Waals surface area (Å²) in [7, 11) is 1.44. The highest BCUT2D eigenvalue weighted by molar-refractivity contribution is 5.06. The van der Waals surface area contributed by atoms with Crippen LogP contribution in [0.2, 0.25) is 0 Å². The minimum atomic E-state index is -0.314. The Labute approximate surface area is 99.1 Å². The maximum atomic E-state index is 11.4. The van der Waals surface area contributed by atoms with Gasteiger partial charge in [-0.05, 0) is 19.8 Å². The molecule has 1 aromatic heterocycles. The second-order valence-corrected chi connectivity index (χ2v) is 3.94. The van der Waals surface area contributed by atoms with Crippen molar-refractivity contribution in [2.24, 2.45) is 0 Å². The zero-order valence-electron chi connectivity index (χ0n) is 10.0. The molecule has 0 aliphatic carbocycles. The predicted molar refractivity (Wildman–Crippen MR) is 60.0 cm³/mol. The lowest BCUT2D eigenvalue weighted by molar-refractivity contribution is -0.168. The molecule has 0 amide bonds. The molecule has 6 heteroatoms. The molecule has 1 atom stereocenters. The number of nitrogens with zero attached hydrogens (tertiary/aromatic N) is 2. The van der Waals surface area contributed by atoms with Gasteiger partial charge < -0.3 is 14.3 Å². The molecule has 1 aliphatic heterocycles. The van der Waals surface area contributed by atoms with Gasteiger partial charge in [-0.15, -0.1) is 4.73 Å². The molecule has 2 heterocycles. The minimum absolute atomic E-state index is 0.134. The van der Waals surface area contributed by atoms with E-state index < -0.39 is 0 Å². The molecule has 1 aromatic rings. The van der Waals surface area contributed by atoms with E-state index in [2.05, 4.69) is 4.98 Å². The lowest BCUT2D eigenvalue weighted by Crippen LogP contribution is -2.33. The van der Waals surface area contributed by atoms with Gasteiger partial charge in [-0.2, -0.15) is 4.98 Å². The van der Waals surface area contributed by atoms with Crippen molar-refractivity contribution in [2.75, 3.05) is 13.7 Å². The third-order valence-electron chi connectivity index (χ3n) is 2.59. The van der Waals surface area contributed by atoms with E-state index in [4.69, 9.17) is 14.3 Å². The summed E-state index contributed by atoms with van der Waals surface area (Å²) < 4.78 is 11.8. The quantitative estimate of drug-likeness (QED) is 0.770. The van der Waals surface area contributed by atoms with Gasteiger partial charge >= 0.3 is 6.01 Å². The van der Waals surface area contributed by atoms with Crippen molar-refractivity contribution in [1.29, 1.82) is 0 Å². The Bertz CT molecular complexity index is 438. The molecule has 1 unspecified atom stereocenters. The molecule has 0 bridgehead atoms. The Hall–Kier alpha value is -1.56.